The normalized spacial score (nSPS) is 11.2. The molecular formula is C15H19NO3. The van der Waals surface area contributed by atoms with Gasteiger partial charge in [-0.05, 0) is 19.1 Å². The molecule has 0 spiro atoms. The maximum absolute atomic E-state index is 11.5. The van der Waals surface area contributed by atoms with Crippen molar-refractivity contribution in [3.63, 3.8) is 0 Å². The van der Waals surface area contributed by atoms with Gasteiger partial charge in [-0.15, -0.1) is 0 Å². The Morgan fingerprint density at radius 1 is 1.26 bits per heavy atom. The number of ketones is 1. The van der Waals surface area contributed by atoms with Gasteiger partial charge in [-0.2, -0.15) is 4.98 Å². The van der Waals surface area contributed by atoms with Crippen molar-refractivity contribution < 1.29 is 9.21 Å². The fourth-order valence-corrected chi connectivity index (χ4v) is 1.94. The molecule has 0 bridgehead atoms. The molecule has 0 atom stereocenters. The third-order valence-corrected chi connectivity index (χ3v) is 2.75. The van der Waals surface area contributed by atoms with Gasteiger partial charge in [0.15, 0.2) is 11.4 Å². The van der Waals surface area contributed by atoms with Crippen LogP contribution in [-0.4, -0.2) is 10.8 Å². The number of rotatable bonds is 1. The Morgan fingerprint density at radius 3 is 2.42 bits per heavy atom. The van der Waals surface area contributed by atoms with Crippen LogP contribution in [0.4, 0.5) is 0 Å². The van der Waals surface area contributed by atoms with Crippen molar-refractivity contribution in [3.05, 3.63) is 40.0 Å². The average Bonchev–Trinajstić information content (AvgIpc) is 2.25. The van der Waals surface area contributed by atoms with E-state index >= 15 is 0 Å². The lowest BCUT2D eigenvalue weighted by molar-refractivity contribution is 0.101. The van der Waals surface area contributed by atoms with Gasteiger partial charge in [-0.1, -0.05) is 34.3 Å². The van der Waals surface area contributed by atoms with Gasteiger partial charge < -0.3 is 4.42 Å². The van der Waals surface area contributed by atoms with Crippen LogP contribution >= 0.6 is 0 Å². The molecule has 0 radical (unpaired) electrons. The Balaban J connectivity index is 0.00000180. The zero-order valence-corrected chi connectivity index (χ0v) is 10.9. The third-order valence-electron chi connectivity index (χ3n) is 2.75. The molecule has 0 aliphatic heterocycles. The summed E-state index contributed by atoms with van der Waals surface area (Å²) in [7, 11) is 0. The minimum absolute atomic E-state index is 0. The van der Waals surface area contributed by atoms with Crippen molar-refractivity contribution in [1.82, 2.24) is 4.98 Å². The van der Waals surface area contributed by atoms with Gasteiger partial charge >= 0.3 is 5.76 Å². The second-order valence-corrected chi connectivity index (χ2v) is 5.32. The molecule has 0 aliphatic carbocycles. The van der Waals surface area contributed by atoms with Gasteiger partial charge in [0.1, 0.15) is 0 Å². The predicted octanol–water partition coefficient (Wildman–Crippen LogP) is 3.32. The number of hydrogen-bond donors (Lipinski definition) is 0. The van der Waals surface area contributed by atoms with Gasteiger partial charge in [-0.3, -0.25) is 4.79 Å². The standard InChI is InChI=1S/C14H15NO3.CH4/c1-8(16)9-6-5-7-10-11(9)18-13(17)15-12(10)14(2,3)4;/h5-7H,1-4H3;1H4. The smallest absolute Gasteiger partial charge is 0.407 e. The third kappa shape index (κ3) is 2.72. The lowest BCUT2D eigenvalue weighted by Crippen LogP contribution is -2.20. The summed E-state index contributed by atoms with van der Waals surface area (Å²) in [6.07, 6.45) is 0. The monoisotopic (exact) mass is 261 g/mol. The van der Waals surface area contributed by atoms with E-state index in [9.17, 15) is 9.59 Å². The van der Waals surface area contributed by atoms with Crippen LogP contribution in [0.3, 0.4) is 0 Å². The fraction of sp³-hybridized carbons (Fsp3) is 0.400. The molecule has 0 amide bonds. The van der Waals surface area contributed by atoms with E-state index in [0.29, 0.717) is 16.8 Å². The molecule has 0 saturated heterocycles. The van der Waals surface area contributed by atoms with Crippen LogP contribution in [0, 0.1) is 0 Å². The van der Waals surface area contributed by atoms with E-state index in [1.54, 1.807) is 12.1 Å². The minimum atomic E-state index is -0.666. The van der Waals surface area contributed by atoms with E-state index < -0.39 is 5.76 Å². The SMILES string of the molecule is C.CC(=O)c1cccc2c(C(C)(C)C)nc(=O)oc12. The summed E-state index contributed by atoms with van der Waals surface area (Å²) in [5.41, 5.74) is 1.10. The zero-order valence-electron chi connectivity index (χ0n) is 10.9. The number of hydrogen-bond acceptors (Lipinski definition) is 4. The van der Waals surface area contributed by atoms with Crippen LogP contribution in [0.1, 0.15) is 51.2 Å². The van der Waals surface area contributed by atoms with Crippen molar-refractivity contribution in [1.29, 1.82) is 0 Å². The second-order valence-electron chi connectivity index (χ2n) is 5.32. The second kappa shape index (κ2) is 4.96. The highest BCUT2D eigenvalue weighted by Gasteiger charge is 2.22. The largest absolute Gasteiger partial charge is 0.439 e. The number of fused-ring (bicyclic) bond motifs is 1. The number of Topliss-reactive ketones (excluding diaryl/α,β-unsaturated/α-hetero) is 1. The summed E-state index contributed by atoms with van der Waals surface area (Å²) in [4.78, 5) is 27.0. The number of benzene rings is 1. The van der Waals surface area contributed by atoms with Crippen LogP contribution < -0.4 is 5.76 Å². The van der Waals surface area contributed by atoms with Crippen LogP contribution in [0.15, 0.2) is 27.4 Å². The van der Waals surface area contributed by atoms with Crippen LogP contribution in [0.5, 0.6) is 0 Å². The number of carbonyl (C=O) groups excluding carboxylic acids is 1. The first kappa shape index (κ1) is 15.1. The van der Waals surface area contributed by atoms with Crippen LogP contribution in [0.25, 0.3) is 11.0 Å². The van der Waals surface area contributed by atoms with Crippen LogP contribution in [0.2, 0.25) is 0 Å². The van der Waals surface area contributed by atoms with E-state index in [0.717, 1.165) is 5.39 Å². The summed E-state index contributed by atoms with van der Waals surface area (Å²) in [5.74, 6) is -0.795. The molecule has 102 valence electrons. The number of para-hydroxylation sites is 1. The molecule has 4 nitrogen and oxygen atoms in total. The Kier molecular flexibility index (Phi) is 3.94. The molecule has 0 saturated carbocycles. The topological polar surface area (TPSA) is 60.2 Å². The first-order valence-electron chi connectivity index (χ1n) is 5.76. The molecule has 0 unspecified atom stereocenters. The molecule has 4 heteroatoms. The Bertz CT molecular complexity index is 678. The van der Waals surface area contributed by atoms with E-state index in [4.69, 9.17) is 4.42 Å². The molecule has 0 N–H and O–H groups in total. The molecule has 19 heavy (non-hydrogen) atoms. The van der Waals surface area contributed by atoms with Crippen molar-refractivity contribution in [3.8, 4) is 0 Å². The quantitative estimate of drug-likeness (QED) is 0.739. The summed E-state index contributed by atoms with van der Waals surface area (Å²) in [5, 5.41) is 0.717. The first-order valence-corrected chi connectivity index (χ1v) is 5.76. The van der Waals surface area contributed by atoms with E-state index in [-0.39, 0.29) is 18.6 Å². The highest BCUT2D eigenvalue weighted by atomic mass is 16.4. The van der Waals surface area contributed by atoms with Gasteiger partial charge in [0.2, 0.25) is 0 Å². The molecule has 1 aromatic heterocycles. The summed E-state index contributed by atoms with van der Waals surface area (Å²) >= 11 is 0. The van der Waals surface area contributed by atoms with E-state index in [1.165, 1.54) is 6.92 Å². The minimum Gasteiger partial charge on any atom is -0.407 e. The molecule has 2 rings (SSSR count). The van der Waals surface area contributed by atoms with E-state index in [2.05, 4.69) is 4.98 Å². The Labute approximate surface area is 112 Å². The maximum atomic E-state index is 11.5. The molecule has 0 fully saturated rings. The Morgan fingerprint density at radius 2 is 1.89 bits per heavy atom. The number of nitrogens with zero attached hydrogens (tertiary/aromatic N) is 1. The highest BCUT2D eigenvalue weighted by Crippen LogP contribution is 2.28. The summed E-state index contributed by atoms with van der Waals surface area (Å²) in [6, 6.07) is 5.24. The maximum Gasteiger partial charge on any atom is 0.439 e. The van der Waals surface area contributed by atoms with Gasteiger partial charge in [0.25, 0.3) is 0 Å². The summed E-state index contributed by atoms with van der Waals surface area (Å²) < 4.78 is 5.10. The van der Waals surface area contributed by atoms with Crippen molar-refractivity contribution in [2.45, 2.75) is 40.5 Å². The Hall–Kier alpha value is -1.97. The zero-order chi connectivity index (χ0) is 13.5. The molecule has 0 aliphatic rings. The van der Waals surface area contributed by atoms with Crippen molar-refractivity contribution in [2.75, 3.05) is 0 Å². The molecule has 1 aromatic carbocycles. The van der Waals surface area contributed by atoms with Gasteiger partial charge in [0.05, 0.1) is 11.3 Å². The lowest BCUT2D eigenvalue weighted by Gasteiger charge is -2.19. The van der Waals surface area contributed by atoms with Crippen molar-refractivity contribution >= 4 is 16.8 Å². The molecule has 2 aromatic rings. The van der Waals surface area contributed by atoms with Crippen LogP contribution in [-0.2, 0) is 5.41 Å². The average molecular weight is 261 g/mol. The van der Waals surface area contributed by atoms with E-state index in [1.807, 2.05) is 26.8 Å². The number of carbonyl (C=O) groups is 1. The molecule has 1 heterocycles. The number of aromatic nitrogens is 1. The summed E-state index contributed by atoms with van der Waals surface area (Å²) in [6.45, 7) is 7.35. The molecular weight excluding hydrogens is 242 g/mol. The lowest BCUT2D eigenvalue weighted by atomic mass is 9.89. The first-order chi connectivity index (χ1) is 8.30. The predicted molar refractivity (Wildman–Crippen MR) is 75.7 cm³/mol. The van der Waals surface area contributed by atoms with Gasteiger partial charge in [-0.25, -0.2) is 4.79 Å². The highest BCUT2D eigenvalue weighted by molar-refractivity contribution is 6.05. The van der Waals surface area contributed by atoms with Crippen molar-refractivity contribution in [2.24, 2.45) is 0 Å². The fourth-order valence-electron chi connectivity index (χ4n) is 1.94. The van der Waals surface area contributed by atoms with Gasteiger partial charge in [0, 0.05) is 10.8 Å².